The van der Waals surface area contributed by atoms with Gasteiger partial charge in [0.2, 0.25) is 0 Å². The molecule has 0 amide bonds. The van der Waals surface area contributed by atoms with Gasteiger partial charge in [0, 0.05) is 5.39 Å². The summed E-state index contributed by atoms with van der Waals surface area (Å²) < 4.78 is 21.6. The van der Waals surface area contributed by atoms with E-state index < -0.39 is 5.97 Å². The molecule has 0 bridgehead atoms. The number of nitrogens with zero attached hydrogens (tertiary/aromatic N) is 1. The van der Waals surface area contributed by atoms with Gasteiger partial charge in [-0.1, -0.05) is 18.2 Å². The maximum Gasteiger partial charge on any atom is 0.339 e. The number of carbonyl (C=O) groups is 1. The molecule has 6 heteroatoms. The third-order valence-corrected chi connectivity index (χ3v) is 4.35. The summed E-state index contributed by atoms with van der Waals surface area (Å²) in [4.78, 5) is 17.3. The molecule has 0 aliphatic carbocycles. The largest absolute Gasteiger partial charge is 0.497 e. The van der Waals surface area contributed by atoms with E-state index in [0.29, 0.717) is 28.3 Å². The van der Waals surface area contributed by atoms with Crippen molar-refractivity contribution in [2.45, 2.75) is 0 Å². The van der Waals surface area contributed by atoms with Crippen molar-refractivity contribution in [1.82, 2.24) is 4.98 Å². The quantitative estimate of drug-likeness (QED) is 0.336. The number of ether oxygens (including phenoxy) is 3. The van der Waals surface area contributed by atoms with Gasteiger partial charge in [-0.25, -0.2) is 9.78 Å². The number of rotatable bonds is 7. The molecule has 0 saturated heterocycles. The maximum atomic E-state index is 12.7. The predicted molar refractivity (Wildman–Crippen MR) is 108 cm³/mol. The highest BCUT2D eigenvalue weighted by atomic mass is 16.6. The van der Waals surface area contributed by atoms with Crippen LogP contribution in [0.15, 0.2) is 77.4 Å². The van der Waals surface area contributed by atoms with Gasteiger partial charge in [0.15, 0.2) is 5.76 Å². The van der Waals surface area contributed by atoms with Crippen LogP contribution in [0.5, 0.6) is 11.5 Å². The van der Waals surface area contributed by atoms with E-state index in [-0.39, 0.29) is 13.2 Å². The second-order valence-corrected chi connectivity index (χ2v) is 6.21. The second kappa shape index (κ2) is 8.48. The Bertz CT molecular complexity index is 1100. The number of furan rings is 1. The van der Waals surface area contributed by atoms with E-state index in [0.717, 1.165) is 11.1 Å². The van der Waals surface area contributed by atoms with E-state index in [9.17, 15) is 4.79 Å². The minimum Gasteiger partial charge on any atom is -0.497 e. The number of fused-ring (bicyclic) bond motifs is 1. The topological polar surface area (TPSA) is 70.8 Å². The molecule has 0 unspecified atom stereocenters. The van der Waals surface area contributed by atoms with Crippen LogP contribution in [0.25, 0.3) is 22.4 Å². The number of benzene rings is 2. The van der Waals surface area contributed by atoms with Crippen molar-refractivity contribution < 1.29 is 23.4 Å². The van der Waals surface area contributed by atoms with Gasteiger partial charge < -0.3 is 18.6 Å². The smallest absolute Gasteiger partial charge is 0.339 e. The summed E-state index contributed by atoms with van der Waals surface area (Å²) in [6.45, 7) is 0.365. The Morgan fingerprint density at radius 3 is 2.52 bits per heavy atom. The Balaban J connectivity index is 1.46. The molecule has 0 aliphatic heterocycles. The molecule has 0 spiro atoms. The van der Waals surface area contributed by atoms with E-state index in [1.54, 1.807) is 55.8 Å². The Morgan fingerprint density at radius 2 is 1.76 bits per heavy atom. The van der Waals surface area contributed by atoms with Gasteiger partial charge in [0.05, 0.1) is 24.5 Å². The van der Waals surface area contributed by atoms with Gasteiger partial charge in [0.25, 0.3) is 0 Å². The molecule has 4 aromatic rings. The molecule has 0 fully saturated rings. The van der Waals surface area contributed by atoms with Gasteiger partial charge >= 0.3 is 5.97 Å². The Kier molecular flexibility index (Phi) is 5.42. The number of aromatic nitrogens is 1. The van der Waals surface area contributed by atoms with E-state index in [1.807, 2.05) is 24.3 Å². The number of hydrogen-bond acceptors (Lipinski definition) is 6. The molecule has 0 saturated carbocycles. The number of pyridine rings is 1. The average Bonchev–Trinajstić information content (AvgIpc) is 3.31. The first kappa shape index (κ1) is 18.6. The lowest BCUT2D eigenvalue weighted by atomic mass is 10.1. The number of para-hydroxylation sites is 1. The van der Waals surface area contributed by atoms with E-state index in [2.05, 4.69) is 4.98 Å². The lowest BCUT2D eigenvalue weighted by Gasteiger charge is -2.10. The summed E-state index contributed by atoms with van der Waals surface area (Å²) in [5.74, 6) is 1.58. The van der Waals surface area contributed by atoms with E-state index >= 15 is 0 Å². The minimum atomic E-state index is -0.435. The number of methoxy groups -OCH3 is 1. The highest BCUT2D eigenvalue weighted by molar-refractivity contribution is 6.04. The molecule has 0 aliphatic rings. The zero-order chi connectivity index (χ0) is 20.1. The van der Waals surface area contributed by atoms with Crippen LogP contribution in [-0.4, -0.2) is 31.3 Å². The molecule has 0 atom stereocenters. The molecule has 4 rings (SSSR count). The first-order chi connectivity index (χ1) is 14.2. The molecule has 2 aromatic carbocycles. The minimum absolute atomic E-state index is 0.123. The summed E-state index contributed by atoms with van der Waals surface area (Å²) >= 11 is 0. The van der Waals surface area contributed by atoms with Crippen LogP contribution < -0.4 is 9.47 Å². The molecule has 0 radical (unpaired) electrons. The van der Waals surface area contributed by atoms with Crippen LogP contribution in [0.4, 0.5) is 0 Å². The molecule has 0 N–H and O–H groups in total. The van der Waals surface area contributed by atoms with Crippen molar-refractivity contribution in [3.8, 4) is 23.0 Å². The Morgan fingerprint density at radius 1 is 0.966 bits per heavy atom. The van der Waals surface area contributed by atoms with Gasteiger partial charge in [-0.3, -0.25) is 0 Å². The molecule has 6 nitrogen and oxygen atoms in total. The third-order valence-electron chi connectivity index (χ3n) is 4.35. The standard InChI is InChI=1S/C23H19NO5/c1-26-16-8-10-17(11-9-16)27-13-14-29-23(25)19-15-21(22-7-4-12-28-22)24-20-6-3-2-5-18(19)20/h2-12,15H,13-14H2,1H3. The zero-order valence-electron chi connectivity index (χ0n) is 15.8. The first-order valence-electron chi connectivity index (χ1n) is 9.12. The number of hydrogen-bond donors (Lipinski definition) is 0. The molecular weight excluding hydrogens is 370 g/mol. The fraction of sp³-hybridized carbons (Fsp3) is 0.130. The van der Waals surface area contributed by atoms with Gasteiger partial charge in [-0.15, -0.1) is 0 Å². The van der Waals surface area contributed by atoms with Gasteiger partial charge in [0.1, 0.15) is 30.4 Å². The van der Waals surface area contributed by atoms with Crippen molar-refractivity contribution in [3.63, 3.8) is 0 Å². The van der Waals surface area contributed by atoms with Crippen molar-refractivity contribution in [2.75, 3.05) is 20.3 Å². The van der Waals surface area contributed by atoms with Crippen molar-refractivity contribution in [2.24, 2.45) is 0 Å². The normalized spacial score (nSPS) is 10.7. The summed E-state index contributed by atoms with van der Waals surface area (Å²) in [6, 6.07) is 19.9. The average molecular weight is 389 g/mol. The van der Waals surface area contributed by atoms with E-state index in [1.165, 1.54) is 0 Å². The fourth-order valence-corrected chi connectivity index (χ4v) is 2.94. The highest BCUT2D eigenvalue weighted by Crippen LogP contribution is 2.25. The van der Waals surface area contributed by atoms with Gasteiger partial charge in [-0.05, 0) is 48.5 Å². The predicted octanol–water partition coefficient (Wildman–Crippen LogP) is 4.74. The SMILES string of the molecule is COc1ccc(OCCOC(=O)c2cc(-c3ccco3)nc3ccccc23)cc1. The highest BCUT2D eigenvalue weighted by Gasteiger charge is 2.16. The Hall–Kier alpha value is -3.80. The van der Waals surface area contributed by atoms with Crippen LogP contribution in [0, 0.1) is 0 Å². The third kappa shape index (κ3) is 4.21. The van der Waals surface area contributed by atoms with Crippen LogP contribution in [0.1, 0.15) is 10.4 Å². The molecule has 29 heavy (non-hydrogen) atoms. The van der Waals surface area contributed by atoms with Crippen LogP contribution in [0.3, 0.4) is 0 Å². The van der Waals surface area contributed by atoms with Crippen molar-refractivity contribution >= 4 is 16.9 Å². The number of esters is 1. The summed E-state index contributed by atoms with van der Waals surface area (Å²) in [5.41, 5.74) is 1.71. The summed E-state index contributed by atoms with van der Waals surface area (Å²) in [6.07, 6.45) is 1.57. The molecule has 2 heterocycles. The molecule has 2 aromatic heterocycles. The zero-order valence-corrected chi connectivity index (χ0v) is 15.8. The lowest BCUT2D eigenvalue weighted by molar-refractivity contribution is 0.0452. The first-order valence-corrected chi connectivity index (χ1v) is 9.12. The van der Waals surface area contributed by atoms with Gasteiger partial charge in [-0.2, -0.15) is 0 Å². The van der Waals surface area contributed by atoms with Crippen molar-refractivity contribution in [1.29, 1.82) is 0 Å². The molecular formula is C23H19NO5. The van der Waals surface area contributed by atoms with Crippen LogP contribution >= 0.6 is 0 Å². The Labute approximate surface area is 167 Å². The van der Waals surface area contributed by atoms with Crippen molar-refractivity contribution in [3.05, 3.63) is 78.6 Å². The van der Waals surface area contributed by atoms with Crippen LogP contribution in [0.2, 0.25) is 0 Å². The second-order valence-electron chi connectivity index (χ2n) is 6.21. The monoisotopic (exact) mass is 389 g/mol. The lowest BCUT2D eigenvalue weighted by Crippen LogP contribution is -2.13. The maximum absolute atomic E-state index is 12.7. The number of carbonyl (C=O) groups excluding carboxylic acids is 1. The summed E-state index contributed by atoms with van der Waals surface area (Å²) in [7, 11) is 1.61. The molecule has 146 valence electrons. The van der Waals surface area contributed by atoms with E-state index in [4.69, 9.17) is 18.6 Å². The van der Waals surface area contributed by atoms with Crippen LogP contribution in [-0.2, 0) is 4.74 Å². The summed E-state index contributed by atoms with van der Waals surface area (Å²) in [5, 5.41) is 0.726. The fourth-order valence-electron chi connectivity index (χ4n) is 2.94.